The summed E-state index contributed by atoms with van der Waals surface area (Å²) in [6, 6.07) is 5.01. The molecule has 1 fully saturated rings. The molecule has 0 saturated carbocycles. The fourth-order valence-corrected chi connectivity index (χ4v) is 4.81. The number of morpholine rings is 1. The molecule has 0 aliphatic carbocycles. The van der Waals surface area contributed by atoms with Crippen LogP contribution in [-0.4, -0.2) is 48.7 Å². The Morgan fingerprint density at radius 3 is 2.20 bits per heavy atom. The second kappa shape index (κ2) is 11.3. The van der Waals surface area contributed by atoms with E-state index in [1.807, 2.05) is 0 Å². The van der Waals surface area contributed by atoms with E-state index in [-0.39, 0.29) is 36.0 Å². The molecule has 2 aromatic carbocycles. The van der Waals surface area contributed by atoms with Crippen molar-refractivity contribution < 1.29 is 54.6 Å². The number of nitrogens with one attached hydrogen (secondary N) is 1. The molecule has 1 aliphatic rings. The monoisotopic (exact) mass is 614 g/mol. The van der Waals surface area contributed by atoms with E-state index >= 15 is 0 Å². The zero-order valence-corrected chi connectivity index (χ0v) is 21.8. The second-order valence-corrected chi connectivity index (χ2v) is 10.5. The number of rotatable bonds is 7. The maximum absolute atomic E-state index is 13.7. The summed E-state index contributed by atoms with van der Waals surface area (Å²) in [6.45, 7) is 1.04. The van der Waals surface area contributed by atoms with Gasteiger partial charge in [-0.05, 0) is 48.4 Å². The van der Waals surface area contributed by atoms with Crippen molar-refractivity contribution in [2.45, 2.75) is 44.3 Å². The van der Waals surface area contributed by atoms with E-state index < -0.39 is 66.7 Å². The van der Waals surface area contributed by atoms with Gasteiger partial charge in [0.2, 0.25) is 0 Å². The fourth-order valence-electron chi connectivity index (χ4n) is 4.30. The van der Waals surface area contributed by atoms with Crippen molar-refractivity contribution >= 4 is 7.75 Å². The van der Waals surface area contributed by atoms with E-state index in [1.54, 1.807) is 4.90 Å². The molecule has 0 spiro atoms. The molecule has 3 aromatic rings. The van der Waals surface area contributed by atoms with Gasteiger partial charge < -0.3 is 19.3 Å². The van der Waals surface area contributed by atoms with Gasteiger partial charge in [0.25, 0.3) is 0 Å². The maximum atomic E-state index is 13.7. The van der Waals surface area contributed by atoms with Crippen molar-refractivity contribution in [3.05, 3.63) is 86.8 Å². The summed E-state index contributed by atoms with van der Waals surface area (Å²) in [5.74, 6) is -0.775. The summed E-state index contributed by atoms with van der Waals surface area (Å²) in [4.78, 5) is 34.3. The molecule has 3 atom stereocenters. The third-order valence-corrected chi connectivity index (χ3v) is 6.95. The molecule has 0 radical (unpaired) electrons. The minimum absolute atomic E-state index is 0.00603. The fraction of sp³-hybridized carbons (Fsp3) is 0.391. The van der Waals surface area contributed by atoms with Gasteiger partial charge in [0, 0.05) is 6.54 Å². The zero-order valence-electron chi connectivity index (χ0n) is 20.9. The van der Waals surface area contributed by atoms with Gasteiger partial charge in [0.15, 0.2) is 6.29 Å². The molecule has 1 saturated heterocycles. The smallest absolute Gasteiger partial charge is 0.349 e. The Hall–Kier alpha value is -3.08. The van der Waals surface area contributed by atoms with Gasteiger partial charge in [-0.3, -0.25) is 9.88 Å². The zero-order chi connectivity index (χ0) is 30.3. The van der Waals surface area contributed by atoms with Gasteiger partial charge in [-0.15, -0.1) is 9.55 Å². The molecule has 41 heavy (non-hydrogen) atoms. The lowest BCUT2D eigenvalue weighted by Gasteiger charge is -2.41. The number of hydrogen-bond donors (Lipinski definition) is 3. The lowest BCUT2D eigenvalue weighted by atomic mass is 10.0. The van der Waals surface area contributed by atoms with Gasteiger partial charge >= 0.3 is 25.8 Å². The number of halogens is 7. The van der Waals surface area contributed by atoms with Crippen LogP contribution in [-0.2, 0) is 32.9 Å². The van der Waals surface area contributed by atoms with E-state index in [1.165, 1.54) is 19.1 Å². The molecule has 10 nitrogen and oxygen atoms in total. The van der Waals surface area contributed by atoms with E-state index in [9.17, 15) is 49.9 Å². The number of ether oxygens (including phenoxy) is 2. The average Bonchev–Trinajstić information content (AvgIpc) is 3.24. The minimum atomic E-state index is -5.07. The largest absolute Gasteiger partial charge is 0.454 e. The number of hydrogen-bond acceptors (Lipinski definition) is 6. The predicted octanol–water partition coefficient (Wildman–Crippen LogP) is 4.37. The summed E-state index contributed by atoms with van der Waals surface area (Å²) in [5.41, 5.74) is -4.31. The van der Waals surface area contributed by atoms with Gasteiger partial charge in [0.1, 0.15) is 11.6 Å². The highest BCUT2D eigenvalue weighted by molar-refractivity contribution is 7.49. The van der Waals surface area contributed by atoms with E-state index in [2.05, 4.69) is 10.1 Å². The van der Waals surface area contributed by atoms with Crippen LogP contribution >= 0.6 is 7.75 Å². The lowest BCUT2D eigenvalue weighted by molar-refractivity contribution is -0.231. The molecule has 0 amide bonds. The Balaban J connectivity index is 1.68. The van der Waals surface area contributed by atoms with Crippen LogP contribution in [0.25, 0.3) is 0 Å². The van der Waals surface area contributed by atoms with Crippen molar-refractivity contribution in [3.63, 3.8) is 0 Å². The van der Waals surface area contributed by atoms with E-state index in [0.29, 0.717) is 17.7 Å². The maximum Gasteiger partial charge on any atom is 0.454 e. The van der Waals surface area contributed by atoms with Crippen LogP contribution in [0, 0.1) is 5.82 Å². The lowest BCUT2D eigenvalue weighted by Crippen LogP contribution is -2.46. The number of aromatic nitrogens is 3. The number of alkyl halides is 6. The Kier molecular flexibility index (Phi) is 8.51. The van der Waals surface area contributed by atoms with Crippen LogP contribution in [0.2, 0.25) is 0 Å². The Morgan fingerprint density at radius 2 is 1.68 bits per heavy atom. The van der Waals surface area contributed by atoms with E-state index in [0.717, 1.165) is 12.1 Å². The molecule has 224 valence electrons. The van der Waals surface area contributed by atoms with Gasteiger partial charge in [-0.25, -0.2) is 13.8 Å². The normalized spacial score (nSPS) is 19.9. The first-order valence-corrected chi connectivity index (χ1v) is 13.3. The summed E-state index contributed by atoms with van der Waals surface area (Å²) in [6.07, 6.45) is -12.8. The first-order chi connectivity index (χ1) is 18.9. The molecule has 1 aliphatic heterocycles. The Morgan fingerprint density at radius 1 is 1.10 bits per heavy atom. The van der Waals surface area contributed by atoms with Crippen LogP contribution < -0.4 is 5.69 Å². The third-order valence-electron chi connectivity index (χ3n) is 6.19. The molecule has 3 N–H and O–H groups in total. The number of benzene rings is 2. The average molecular weight is 614 g/mol. The van der Waals surface area contributed by atoms with Gasteiger partial charge in [-0.1, -0.05) is 12.1 Å². The minimum Gasteiger partial charge on any atom is -0.349 e. The molecular formula is C23H22F7N4O6P. The van der Waals surface area contributed by atoms with Crippen molar-refractivity contribution in [3.8, 4) is 0 Å². The van der Waals surface area contributed by atoms with Crippen molar-refractivity contribution in [2.75, 3.05) is 13.2 Å². The summed E-state index contributed by atoms with van der Waals surface area (Å²) < 4.78 is 117. The summed E-state index contributed by atoms with van der Waals surface area (Å²) in [5, 5.41) is 3.61. The first kappa shape index (κ1) is 30.9. The van der Waals surface area contributed by atoms with Crippen LogP contribution in [0.15, 0.2) is 47.3 Å². The Labute approximate surface area is 226 Å². The molecule has 0 bridgehead atoms. The standard InChI is InChI=1S/C23H22F7N4O6P/c1-12(14-8-15(22(25,26)27)10-16(9-14)23(28,29)30)40-20-19(13-2-4-17(24)5-3-13)33(6-7-39-20)11-18-31-21(35)34(32-18)41(36,37)38/h2-5,8-10,12,19-20H,6-7,11H2,1H3,(H,31,32,35)(H2,36,37,38)/t12-,19?,20-/m1/s1. The highest BCUT2D eigenvalue weighted by atomic mass is 31.2. The number of H-pyrrole nitrogens is 1. The van der Waals surface area contributed by atoms with Crippen molar-refractivity contribution in [1.29, 1.82) is 0 Å². The molecular weight excluding hydrogens is 592 g/mol. The van der Waals surface area contributed by atoms with Crippen LogP contribution in [0.1, 0.15) is 47.1 Å². The quantitative estimate of drug-likeness (QED) is 0.265. The van der Waals surface area contributed by atoms with Crippen LogP contribution in [0.5, 0.6) is 0 Å². The van der Waals surface area contributed by atoms with Crippen molar-refractivity contribution in [1.82, 2.24) is 19.4 Å². The van der Waals surface area contributed by atoms with Gasteiger partial charge in [-0.2, -0.15) is 26.3 Å². The highest BCUT2D eigenvalue weighted by Gasteiger charge is 2.39. The third kappa shape index (κ3) is 7.23. The van der Waals surface area contributed by atoms with Crippen LogP contribution in [0.3, 0.4) is 0 Å². The first-order valence-electron chi connectivity index (χ1n) is 11.7. The van der Waals surface area contributed by atoms with Crippen molar-refractivity contribution in [2.24, 2.45) is 0 Å². The Bertz CT molecular complexity index is 1450. The van der Waals surface area contributed by atoms with Crippen LogP contribution in [0.4, 0.5) is 30.7 Å². The second-order valence-electron chi connectivity index (χ2n) is 9.10. The SMILES string of the molecule is C[C@@H](O[C@H]1OCCN(Cc2nn(P(=O)(O)O)c(=O)[nH]2)C1c1ccc(F)cc1)c1cc(C(F)(F)F)cc(C(F)(F)F)c1. The molecule has 2 heterocycles. The predicted molar refractivity (Wildman–Crippen MR) is 126 cm³/mol. The van der Waals surface area contributed by atoms with E-state index in [4.69, 9.17) is 9.47 Å². The molecule has 1 unspecified atom stereocenters. The number of nitrogens with zero attached hydrogens (tertiary/aromatic N) is 3. The topological polar surface area (TPSA) is 130 Å². The highest BCUT2D eigenvalue weighted by Crippen LogP contribution is 2.40. The van der Waals surface area contributed by atoms with Gasteiger partial charge in [0.05, 0.1) is 36.4 Å². The molecule has 18 heteroatoms. The summed E-state index contributed by atoms with van der Waals surface area (Å²) in [7, 11) is -5.07. The summed E-state index contributed by atoms with van der Waals surface area (Å²) >= 11 is 0. The molecule has 1 aromatic heterocycles. The number of aromatic amines is 1. The molecule has 4 rings (SSSR count).